The molecule has 0 aromatic rings. The van der Waals surface area contributed by atoms with Crippen molar-refractivity contribution in [2.24, 2.45) is 0 Å². The second-order valence-electron chi connectivity index (χ2n) is 4.84. The van der Waals surface area contributed by atoms with Gasteiger partial charge in [-0.15, -0.1) is 0 Å². The first-order valence-corrected chi connectivity index (χ1v) is 5.84. The van der Waals surface area contributed by atoms with Gasteiger partial charge >= 0.3 is 0 Å². The van der Waals surface area contributed by atoms with Gasteiger partial charge in [0.05, 0.1) is 6.61 Å². The molecule has 1 atom stereocenters. The summed E-state index contributed by atoms with van der Waals surface area (Å²) in [6, 6.07) is 0. The number of hydrogen-bond donors (Lipinski definition) is 1. The molecule has 2 rings (SSSR count). The highest BCUT2D eigenvalue weighted by Crippen LogP contribution is 2.17. The van der Waals surface area contributed by atoms with Gasteiger partial charge in [0.2, 0.25) is 0 Å². The average molecular weight is 198 g/mol. The van der Waals surface area contributed by atoms with Gasteiger partial charge in [0.25, 0.3) is 0 Å². The fourth-order valence-corrected chi connectivity index (χ4v) is 2.33. The first-order valence-electron chi connectivity index (χ1n) is 5.84. The molecule has 14 heavy (non-hydrogen) atoms. The Balaban J connectivity index is 1.61. The van der Waals surface area contributed by atoms with Crippen LogP contribution in [0.3, 0.4) is 0 Å². The topological polar surface area (TPSA) is 24.5 Å². The Hall–Kier alpha value is -0.120. The van der Waals surface area contributed by atoms with E-state index in [4.69, 9.17) is 4.74 Å². The number of likely N-dealkylation sites (tertiary alicyclic amines) is 1. The summed E-state index contributed by atoms with van der Waals surface area (Å²) in [6.45, 7) is 8.99. The SMILES string of the molecule is CC1(NCCN2CCCC2)CCOC1. The number of rotatable bonds is 4. The third-order valence-electron chi connectivity index (χ3n) is 3.40. The van der Waals surface area contributed by atoms with Gasteiger partial charge in [-0.3, -0.25) is 0 Å². The molecule has 1 N–H and O–H groups in total. The molecular formula is C11H22N2O. The van der Waals surface area contributed by atoms with Gasteiger partial charge in [0, 0.05) is 25.2 Å². The zero-order valence-electron chi connectivity index (χ0n) is 9.22. The molecule has 2 fully saturated rings. The molecular weight excluding hydrogens is 176 g/mol. The lowest BCUT2D eigenvalue weighted by Crippen LogP contribution is -2.45. The van der Waals surface area contributed by atoms with E-state index in [-0.39, 0.29) is 5.54 Å². The standard InChI is InChI=1S/C11H22N2O/c1-11(4-9-14-10-11)12-5-8-13-6-2-3-7-13/h12H,2-10H2,1H3. The molecule has 0 radical (unpaired) electrons. The van der Waals surface area contributed by atoms with E-state index in [9.17, 15) is 0 Å². The highest BCUT2D eigenvalue weighted by molar-refractivity contribution is 4.87. The molecule has 0 aromatic heterocycles. The van der Waals surface area contributed by atoms with Crippen molar-refractivity contribution in [3.8, 4) is 0 Å². The van der Waals surface area contributed by atoms with Crippen LogP contribution in [-0.2, 0) is 4.74 Å². The Labute approximate surface area is 86.8 Å². The zero-order chi connectivity index (χ0) is 9.86. The van der Waals surface area contributed by atoms with Gasteiger partial charge in [0.1, 0.15) is 0 Å². The number of hydrogen-bond acceptors (Lipinski definition) is 3. The van der Waals surface area contributed by atoms with Crippen molar-refractivity contribution in [2.75, 3.05) is 39.4 Å². The summed E-state index contributed by atoms with van der Waals surface area (Å²) in [6.07, 6.45) is 3.94. The number of nitrogens with zero attached hydrogens (tertiary/aromatic N) is 1. The zero-order valence-corrected chi connectivity index (χ0v) is 9.22. The van der Waals surface area contributed by atoms with Crippen LogP contribution in [0.15, 0.2) is 0 Å². The van der Waals surface area contributed by atoms with Crippen LogP contribution in [0.2, 0.25) is 0 Å². The summed E-state index contributed by atoms with van der Waals surface area (Å²) in [5.41, 5.74) is 0.250. The van der Waals surface area contributed by atoms with Crippen molar-refractivity contribution in [1.29, 1.82) is 0 Å². The van der Waals surface area contributed by atoms with Gasteiger partial charge in [0.15, 0.2) is 0 Å². The van der Waals surface area contributed by atoms with Crippen LogP contribution in [-0.4, -0.2) is 49.8 Å². The van der Waals surface area contributed by atoms with Crippen molar-refractivity contribution in [1.82, 2.24) is 10.2 Å². The lowest BCUT2D eigenvalue weighted by molar-refractivity contribution is 0.170. The summed E-state index contributed by atoms with van der Waals surface area (Å²) in [5.74, 6) is 0. The molecule has 2 saturated heterocycles. The third kappa shape index (κ3) is 2.69. The Morgan fingerprint density at radius 1 is 1.36 bits per heavy atom. The monoisotopic (exact) mass is 198 g/mol. The van der Waals surface area contributed by atoms with Gasteiger partial charge in [-0.1, -0.05) is 0 Å². The smallest absolute Gasteiger partial charge is 0.0646 e. The summed E-state index contributed by atoms with van der Waals surface area (Å²) in [5, 5.41) is 3.62. The molecule has 2 aliphatic heterocycles. The van der Waals surface area contributed by atoms with Crippen molar-refractivity contribution in [2.45, 2.75) is 31.7 Å². The summed E-state index contributed by atoms with van der Waals surface area (Å²) >= 11 is 0. The molecule has 0 bridgehead atoms. The van der Waals surface area contributed by atoms with Crippen molar-refractivity contribution in [3.05, 3.63) is 0 Å². The lowest BCUT2D eigenvalue weighted by Gasteiger charge is -2.25. The van der Waals surface area contributed by atoms with Crippen LogP contribution < -0.4 is 5.32 Å². The highest BCUT2D eigenvalue weighted by Gasteiger charge is 2.28. The molecule has 0 amide bonds. The first-order chi connectivity index (χ1) is 6.79. The largest absolute Gasteiger partial charge is 0.379 e. The summed E-state index contributed by atoms with van der Waals surface area (Å²) in [4.78, 5) is 2.55. The van der Waals surface area contributed by atoms with Gasteiger partial charge in [-0.25, -0.2) is 0 Å². The van der Waals surface area contributed by atoms with E-state index in [2.05, 4.69) is 17.1 Å². The van der Waals surface area contributed by atoms with Gasteiger partial charge in [-0.05, 0) is 39.3 Å². The Morgan fingerprint density at radius 2 is 2.14 bits per heavy atom. The van der Waals surface area contributed by atoms with E-state index >= 15 is 0 Å². The highest BCUT2D eigenvalue weighted by atomic mass is 16.5. The normalized spacial score (nSPS) is 34.1. The molecule has 0 aromatic carbocycles. The maximum absolute atomic E-state index is 5.41. The van der Waals surface area contributed by atoms with Crippen molar-refractivity contribution >= 4 is 0 Å². The van der Waals surface area contributed by atoms with Crippen LogP contribution in [0.25, 0.3) is 0 Å². The minimum Gasteiger partial charge on any atom is -0.379 e. The van der Waals surface area contributed by atoms with Gasteiger partial charge in [-0.2, -0.15) is 0 Å². The van der Waals surface area contributed by atoms with Crippen molar-refractivity contribution < 1.29 is 4.74 Å². The van der Waals surface area contributed by atoms with E-state index in [0.717, 1.165) is 26.2 Å². The van der Waals surface area contributed by atoms with E-state index < -0.39 is 0 Å². The molecule has 1 unspecified atom stereocenters. The molecule has 82 valence electrons. The molecule has 2 heterocycles. The van der Waals surface area contributed by atoms with Crippen LogP contribution in [0.4, 0.5) is 0 Å². The Bertz CT molecular complexity index is 172. The second kappa shape index (κ2) is 4.60. The molecule has 0 aliphatic carbocycles. The molecule has 3 heteroatoms. The fraction of sp³-hybridized carbons (Fsp3) is 1.00. The Morgan fingerprint density at radius 3 is 2.79 bits per heavy atom. The van der Waals surface area contributed by atoms with E-state index in [0.29, 0.717) is 0 Å². The lowest BCUT2D eigenvalue weighted by atomic mass is 10.0. The van der Waals surface area contributed by atoms with Crippen LogP contribution in [0.1, 0.15) is 26.2 Å². The number of nitrogens with one attached hydrogen (secondary N) is 1. The van der Waals surface area contributed by atoms with Crippen LogP contribution in [0, 0.1) is 0 Å². The summed E-state index contributed by atoms with van der Waals surface area (Å²) < 4.78 is 5.41. The third-order valence-corrected chi connectivity index (χ3v) is 3.40. The quantitative estimate of drug-likeness (QED) is 0.725. The minimum absolute atomic E-state index is 0.250. The Kier molecular flexibility index (Phi) is 3.42. The molecule has 2 aliphatic rings. The maximum atomic E-state index is 5.41. The summed E-state index contributed by atoms with van der Waals surface area (Å²) in [7, 11) is 0. The van der Waals surface area contributed by atoms with Crippen LogP contribution >= 0.6 is 0 Å². The van der Waals surface area contributed by atoms with E-state index in [1.807, 2.05) is 0 Å². The van der Waals surface area contributed by atoms with Crippen LogP contribution in [0.5, 0.6) is 0 Å². The first kappa shape index (κ1) is 10.4. The van der Waals surface area contributed by atoms with E-state index in [1.165, 1.54) is 32.5 Å². The molecule has 3 nitrogen and oxygen atoms in total. The minimum atomic E-state index is 0.250. The molecule has 0 saturated carbocycles. The van der Waals surface area contributed by atoms with Crippen molar-refractivity contribution in [3.63, 3.8) is 0 Å². The number of ether oxygens (including phenoxy) is 1. The van der Waals surface area contributed by atoms with Gasteiger partial charge < -0.3 is 15.0 Å². The molecule has 0 spiro atoms. The average Bonchev–Trinajstić information content (AvgIpc) is 2.77. The van der Waals surface area contributed by atoms with E-state index in [1.54, 1.807) is 0 Å². The predicted molar refractivity (Wildman–Crippen MR) is 57.5 cm³/mol. The maximum Gasteiger partial charge on any atom is 0.0646 e. The predicted octanol–water partition coefficient (Wildman–Crippen LogP) is 0.851. The fourth-order valence-electron chi connectivity index (χ4n) is 2.33. The second-order valence-corrected chi connectivity index (χ2v) is 4.84.